The first kappa shape index (κ1) is 13.8. The third-order valence-corrected chi connectivity index (χ3v) is 3.99. The summed E-state index contributed by atoms with van der Waals surface area (Å²) in [5, 5.41) is 7.07. The van der Waals surface area contributed by atoms with E-state index in [0.717, 1.165) is 27.0 Å². The second-order valence-electron chi connectivity index (χ2n) is 4.53. The summed E-state index contributed by atoms with van der Waals surface area (Å²) in [6.45, 7) is 6.16. The molecule has 100 valence electrons. The molecular weight excluding hydrogens is 306 g/mol. The molecule has 0 aliphatic rings. The molecule has 1 aromatic carbocycles. The third kappa shape index (κ3) is 3.04. The molecule has 0 atom stereocenters. The molecule has 5 heteroatoms. The van der Waals surface area contributed by atoms with Crippen LogP contribution in [0, 0.1) is 20.8 Å². The number of amides is 1. The Kier molecular flexibility index (Phi) is 4.04. The lowest BCUT2D eigenvalue weighted by Gasteiger charge is -2.11. The topological polar surface area (TPSA) is 46.9 Å². The largest absolute Gasteiger partial charge is 0.324 e. The van der Waals surface area contributed by atoms with E-state index in [2.05, 4.69) is 26.3 Å². The molecule has 19 heavy (non-hydrogen) atoms. The number of benzene rings is 1. The zero-order valence-electron chi connectivity index (χ0n) is 11.2. The van der Waals surface area contributed by atoms with Crippen LogP contribution in [-0.4, -0.2) is 15.7 Å². The Morgan fingerprint density at radius 1 is 1.37 bits per heavy atom. The van der Waals surface area contributed by atoms with Crippen LogP contribution in [0.3, 0.4) is 0 Å². The van der Waals surface area contributed by atoms with E-state index >= 15 is 0 Å². The zero-order chi connectivity index (χ0) is 14.0. The number of nitrogens with zero attached hydrogens (tertiary/aromatic N) is 2. The minimum Gasteiger partial charge on any atom is -0.324 e. The van der Waals surface area contributed by atoms with E-state index in [1.165, 1.54) is 0 Å². The first-order chi connectivity index (χ1) is 8.99. The van der Waals surface area contributed by atoms with E-state index in [-0.39, 0.29) is 12.5 Å². The molecule has 2 rings (SSSR count). The van der Waals surface area contributed by atoms with Crippen molar-refractivity contribution in [2.45, 2.75) is 27.3 Å². The standard InChI is InChI=1S/C14H16BrN3O/c1-9-5-4-6-13(10(9)2)17-14(19)8-18-11(3)12(15)7-16-18/h4-7H,8H2,1-3H3,(H,17,19). The predicted molar refractivity (Wildman–Crippen MR) is 79.2 cm³/mol. The molecule has 2 aromatic rings. The Bertz CT molecular complexity index is 619. The lowest BCUT2D eigenvalue weighted by molar-refractivity contribution is -0.116. The summed E-state index contributed by atoms with van der Waals surface area (Å²) in [4.78, 5) is 12.0. The maximum atomic E-state index is 12.0. The van der Waals surface area contributed by atoms with Gasteiger partial charge in [0.15, 0.2) is 0 Å². The quantitative estimate of drug-likeness (QED) is 0.943. The highest BCUT2D eigenvalue weighted by Crippen LogP contribution is 2.18. The minimum absolute atomic E-state index is 0.0765. The van der Waals surface area contributed by atoms with Gasteiger partial charge < -0.3 is 5.32 Å². The summed E-state index contributed by atoms with van der Waals surface area (Å²) < 4.78 is 2.58. The fourth-order valence-electron chi connectivity index (χ4n) is 1.80. The van der Waals surface area contributed by atoms with Crippen LogP contribution in [0.2, 0.25) is 0 Å². The summed E-state index contributed by atoms with van der Waals surface area (Å²) in [6, 6.07) is 5.87. The SMILES string of the molecule is Cc1cccc(NC(=O)Cn2ncc(Br)c2C)c1C. The van der Waals surface area contributed by atoms with Gasteiger partial charge in [-0.15, -0.1) is 0 Å². The number of aromatic nitrogens is 2. The van der Waals surface area contributed by atoms with E-state index in [9.17, 15) is 4.79 Å². The lowest BCUT2D eigenvalue weighted by atomic mass is 10.1. The van der Waals surface area contributed by atoms with Crippen LogP contribution in [0.15, 0.2) is 28.9 Å². The van der Waals surface area contributed by atoms with Crippen LogP contribution >= 0.6 is 15.9 Å². The van der Waals surface area contributed by atoms with E-state index in [1.54, 1.807) is 10.9 Å². The normalized spacial score (nSPS) is 10.5. The number of nitrogens with one attached hydrogen (secondary N) is 1. The molecule has 0 saturated carbocycles. The van der Waals surface area contributed by atoms with E-state index < -0.39 is 0 Å². The molecule has 1 heterocycles. The van der Waals surface area contributed by atoms with Gasteiger partial charge in [-0.05, 0) is 53.9 Å². The second-order valence-corrected chi connectivity index (χ2v) is 5.39. The van der Waals surface area contributed by atoms with Gasteiger partial charge in [0.05, 0.1) is 16.4 Å². The second kappa shape index (κ2) is 5.57. The zero-order valence-corrected chi connectivity index (χ0v) is 12.8. The Morgan fingerprint density at radius 3 is 2.74 bits per heavy atom. The number of rotatable bonds is 3. The Hall–Kier alpha value is -1.62. The molecule has 1 aromatic heterocycles. The third-order valence-electron chi connectivity index (χ3n) is 3.22. The van der Waals surface area contributed by atoms with E-state index in [4.69, 9.17) is 0 Å². The summed E-state index contributed by atoms with van der Waals surface area (Å²) in [7, 11) is 0. The van der Waals surface area contributed by atoms with Gasteiger partial charge in [0.1, 0.15) is 6.54 Å². The van der Waals surface area contributed by atoms with Gasteiger partial charge in [-0.1, -0.05) is 12.1 Å². The fourth-order valence-corrected chi connectivity index (χ4v) is 2.09. The first-order valence-electron chi connectivity index (χ1n) is 6.03. The van der Waals surface area contributed by atoms with E-state index in [1.807, 2.05) is 39.0 Å². The van der Waals surface area contributed by atoms with Gasteiger partial charge in [0.25, 0.3) is 0 Å². The Labute approximate surface area is 120 Å². The van der Waals surface area contributed by atoms with Crippen molar-refractivity contribution in [3.8, 4) is 0 Å². The highest BCUT2D eigenvalue weighted by molar-refractivity contribution is 9.10. The van der Waals surface area contributed by atoms with Crippen LogP contribution in [0.5, 0.6) is 0 Å². The van der Waals surface area contributed by atoms with Crippen LogP contribution in [0.1, 0.15) is 16.8 Å². The molecule has 0 unspecified atom stereocenters. The molecule has 1 amide bonds. The smallest absolute Gasteiger partial charge is 0.246 e. The summed E-state index contributed by atoms with van der Waals surface area (Å²) in [5.41, 5.74) is 4.05. The number of hydrogen-bond acceptors (Lipinski definition) is 2. The van der Waals surface area contributed by atoms with Crippen molar-refractivity contribution >= 4 is 27.5 Å². The average molecular weight is 322 g/mol. The highest BCUT2D eigenvalue weighted by Gasteiger charge is 2.10. The fraction of sp³-hybridized carbons (Fsp3) is 0.286. The monoisotopic (exact) mass is 321 g/mol. The number of hydrogen-bond donors (Lipinski definition) is 1. The van der Waals surface area contributed by atoms with Gasteiger partial charge >= 0.3 is 0 Å². The maximum absolute atomic E-state index is 12.0. The van der Waals surface area contributed by atoms with Crippen molar-refractivity contribution < 1.29 is 4.79 Å². The molecule has 0 radical (unpaired) electrons. The van der Waals surface area contributed by atoms with Crippen molar-refractivity contribution in [1.82, 2.24) is 9.78 Å². The molecule has 0 aliphatic carbocycles. The number of halogens is 1. The van der Waals surface area contributed by atoms with Crippen molar-refractivity contribution in [2.75, 3.05) is 5.32 Å². The van der Waals surface area contributed by atoms with Crippen molar-refractivity contribution in [3.63, 3.8) is 0 Å². The molecular formula is C14H16BrN3O. The number of carbonyl (C=O) groups excluding carboxylic acids is 1. The Morgan fingerprint density at radius 2 is 2.11 bits per heavy atom. The lowest BCUT2D eigenvalue weighted by Crippen LogP contribution is -2.20. The van der Waals surface area contributed by atoms with Crippen LogP contribution in [0.4, 0.5) is 5.69 Å². The van der Waals surface area contributed by atoms with Gasteiger partial charge in [-0.3, -0.25) is 9.48 Å². The molecule has 0 saturated heterocycles. The molecule has 0 spiro atoms. The van der Waals surface area contributed by atoms with Gasteiger partial charge in [0.2, 0.25) is 5.91 Å². The van der Waals surface area contributed by atoms with Crippen LogP contribution in [-0.2, 0) is 11.3 Å². The summed E-state index contributed by atoms with van der Waals surface area (Å²) in [6.07, 6.45) is 1.69. The molecule has 0 fully saturated rings. The summed E-state index contributed by atoms with van der Waals surface area (Å²) in [5.74, 6) is -0.0765. The number of anilines is 1. The predicted octanol–water partition coefficient (Wildman–Crippen LogP) is 3.21. The first-order valence-corrected chi connectivity index (χ1v) is 6.82. The molecule has 0 bridgehead atoms. The van der Waals surface area contributed by atoms with Crippen LogP contribution in [0.25, 0.3) is 0 Å². The maximum Gasteiger partial charge on any atom is 0.246 e. The van der Waals surface area contributed by atoms with Gasteiger partial charge in [-0.2, -0.15) is 5.10 Å². The molecule has 1 N–H and O–H groups in total. The van der Waals surface area contributed by atoms with Crippen molar-refractivity contribution in [1.29, 1.82) is 0 Å². The minimum atomic E-state index is -0.0765. The summed E-state index contributed by atoms with van der Waals surface area (Å²) >= 11 is 3.38. The number of carbonyl (C=O) groups is 1. The van der Waals surface area contributed by atoms with Crippen LogP contribution < -0.4 is 5.32 Å². The van der Waals surface area contributed by atoms with E-state index in [0.29, 0.717) is 0 Å². The Balaban J connectivity index is 2.10. The number of aryl methyl sites for hydroxylation is 1. The average Bonchev–Trinajstić information content (AvgIpc) is 2.67. The highest BCUT2D eigenvalue weighted by atomic mass is 79.9. The van der Waals surface area contributed by atoms with Crippen molar-refractivity contribution in [2.24, 2.45) is 0 Å². The van der Waals surface area contributed by atoms with Gasteiger partial charge in [0, 0.05) is 5.69 Å². The molecule has 0 aliphatic heterocycles. The molecule has 4 nitrogen and oxygen atoms in total. The van der Waals surface area contributed by atoms with Crippen molar-refractivity contribution in [3.05, 3.63) is 45.7 Å². The van der Waals surface area contributed by atoms with Gasteiger partial charge in [-0.25, -0.2) is 0 Å².